The van der Waals surface area contributed by atoms with Gasteiger partial charge in [0.15, 0.2) is 0 Å². The van der Waals surface area contributed by atoms with Crippen LogP contribution in [0.25, 0.3) is 0 Å². The normalized spacial score (nSPS) is 9.21. The molecule has 0 saturated carbocycles. The second kappa shape index (κ2) is 4.11. The fourth-order valence-electron chi connectivity index (χ4n) is 0.967. The molecule has 0 aliphatic carbocycles. The van der Waals surface area contributed by atoms with Crippen LogP contribution in [0.15, 0.2) is 16.6 Å². The van der Waals surface area contributed by atoms with Crippen LogP contribution in [0, 0.1) is 11.3 Å². The Labute approximate surface area is 88.9 Å². The molecule has 0 amide bonds. The molecule has 4 nitrogen and oxygen atoms in total. The Morgan fingerprint density at radius 3 is 2.71 bits per heavy atom. The Kier molecular flexibility index (Phi) is 3.10. The Bertz CT molecular complexity index is 423. The number of methoxy groups -OCH3 is 1. The zero-order valence-corrected chi connectivity index (χ0v) is 8.83. The third kappa shape index (κ3) is 1.86. The van der Waals surface area contributed by atoms with Crippen LogP contribution in [0.2, 0.25) is 0 Å². The topological polar surface area (TPSA) is 70.3 Å². The Balaban J connectivity index is 3.44. The number of halogens is 1. The summed E-state index contributed by atoms with van der Waals surface area (Å²) in [4.78, 5) is 10.8. The van der Waals surface area contributed by atoms with Crippen molar-refractivity contribution in [3.8, 4) is 11.8 Å². The van der Waals surface area contributed by atoms with Gasteiger partial charge in [0, 0.05) is 0 Å². The number of carbonyl (C=O) groups is 1. The Hall–Kier alpha value is -1.54. The zero-order valence-electron chi connectivity index (χ0n) is 7.24. The quantitative estimate of drug-likeness (QED) is 0.878. The molecule has 0 saturated heterocycles. The molecule has 72 valence electrons. The molecule has 0 radical (unpaired) electrons. The van der Waals surface area contributed by atoms with Crippen molar-refractivity contribution in [2.75, 3.05) is 7.11 Å². The van der Waals surface area contributed by atoms with Gasteiger partial charge in [-0.3, -0.25) is 0 Å². The summed E-state index contributed by atoms with van der Waals surface area (Å²) >= 11 is 3.09. The van der Waals surface area contributed by atoms with Crippen LogP contribution >= 0.6 is 15.9 Å². The largest absolute Gasteiger partial charge is 0.496 e. The van der Waals surface area contributed by atoms with E-state index in [0.29, 0.717) is 10.2 Å². The summed E-state index contributed by atoms with van der Waals surface area (Å²) in [6.45, 7) is 0. The van der Waals surface area contributed by atoms with E-state index in [0.717, 1.165) is 0 Å². The summed E-state index contributed by atoms with van der Waals surface area (Å²) in [6.07, 6.45) is 0. The lowest BCUT2D eigenvalue weighted by Gasteiger charge is -2.06. The number of aromatic carboxylic acids is 1. The summed E-state index contributed by atoms with van der Waals surface area (Å²) < 4.78 is 5.26. The number of nitriles is 1. The smallest absolute Gasteiger partial charge is 0.337 e. The molecule has 0 bridgehead atoms. The first kappa shape index (κ1) is 10.5. The number of hydrogen-bond donors (Lipinski definition) is 1. The maximum atomic E-state index is 10.8. The molecule has 1 N–H and O–H groups in total. The highest BCUT2D eigenvalue weighted by molar-refractivity contribution is 9.10. The van der Waals surface area contributed by atoms with Crippen molar-refractivity contribution in [3.63, 3.8) is 0 Å². The van der Waals surface area contributed by atoms with Gasteiger partial charge in [0.05, 0.1) is 28.8 Å². The van der Waals surface area contributed by atoms with Gasteiger partial charge < -0.3 is 9.84 Å². The number of carboxylic acid groups (broad SMARTS) is 1. The molecule has 0 heterocycles. The molecule has 0 aliphatic rings. The van der Waals surface area contributed by atoms with Gasteiger partial charge in [0.25, 0.3) is 0 Å². The van der Waals surface area contributed by atoms with Crippen molar-refractivity contribution in [2.45, 2.75) is 0 Å². The molecule has 0 aliphatic heterocycles. The van der Waals surface area contributed by atoms with Crippen molar-refractivity contribution < 1.29 is 14.6 Å². The van der Waals surface area contributed by atoms with Gasteiger partial charge in [-0.15, -0.1) is 0 Å². The minimum absolute atomic E-state index is 0.0147. The molecule has 0 aromatic heterocycles. The predicted octanol–water partition coefficient (Wildman–Crippen LogP) is 2.03. The first-order valence-electron chi connectivity index (χ1n) is 3.61. The molecule has 1 aromatic carbocycles. The zero-order chi connectivity index (χ0) is 10.7. The molecular weight excluding hydrogens is 250 g/mol. The van der Waals surface area contributed by atoms with Gasteiger partial charge >= 0.3 is 5.97 Å². The van der Waals surface area contributed by atoms with Gasteiger partial charge in [-0.25, -0.2) is 4.79 Å². The third-order valence-electron chi connectivity index (χ3n) is 1.62. The van der Waals surface area contributed by atoms with E-state index in [1.54, 1.807) is 0 Å². The van der Waals surface area contributed by atoms with Gasteiger partial charge in [-0.05, 0) is 28.1 Å². The monoisotopic (exact) mass is 255 g/mol. The molecule has 14 heavy (non-hydrogen) atoms. The third-order valence-corrected chi connectivity index (χ3v) is 2.44. The fraction of sp³-hybridized carbons (Fsp3) is 0.111. The van der Waals surface area contributed by atoms with Gasteiger partial charge in [0.2, 0.25) is 0 Å². The van der Waals surface area contributed by atoms with E-state index in [-0.39, 0.29) is 11.1 Å². The van der Waals surface area contributed by atoms with Crippen molar-refractivity contribution in [2.24, 2.45) is 0 Å². The second-order valence-corrected chi connectivity index (χ2v) is 3.25. The van der Waals surface area contributed by atoms with Gasteiger partial charge in [-0.2, -0.15) is 5.26 Å². The average molecular weight is 256 g/mol. The fourth-order valence-corrected chi connectivity index (χ4v) is 1.53. The van der Waals surface area contributed by atoms with Crippen LogP contribution in [0.3, 0.4) is 0 Å². The van der Waals surface area contributed by atoms with E-state index in [4.69, 9.17) is 15.1 Å². The summed E-state index contributed by atoms with van der Waals surface area (Å²) in [7, 11) is 1.41. The van der Waals surface area contributed by atoms with Gasteiger partial charge in [-0.1, -0.05) is 0 Å². The lowest BCUT2D eigenvalue weighted by atomic mass is 10.1. The predicted molar refractivity (Wildman–Crippen MR) is 52.4 cm³/mol. The molecule has 0 atom stereocenters. The van der Waals surface area contributed by atoms with E-state index in [1.165, 1.54) is 19.2 Å². The molecule has 0 unspecified atom stereocenters. The SMILES string of the molecule is COc1cc(C#N)cc(C(=O)O)c1Br. The summed E-state index contributed by atoms with van der Waals surface area (Å²) in [6, 6.07) is 4.62. The number of rotatable bonds is 2. The highest BCUT2D eigenvalue weighted by Crippen LogP contribution is 2.30. The highest BCUT2D eigenvalue weighted by Gasteiger charge is 2.14. The molecule has 1 aromatic rings. The van der Waals surface area contributed by atoms with Crippen LogP contribution < -0.4 is 4.74 Å². The van der Waals surface area contributed by atoms with E-state index in [9.17, 15) is 4.79 Å². The molecular formula is C9H6BrNO3. The second-order valence-electron chi connectivity index (χ2n) is 2.46. The highest BCUT2D eigenvalue weighted by atomic mass is 79.9. The maximum Gasteiger partial charge on any atom is 0.337 e. The number of nitrogens with zero attached hydrogens (tertiary/aromatic N) is 1. The van der Waals surface area contributed by atoms with Crippen LogP contribution in [-0.4, -0.2) is 18.2 Å². The lowest BCUT2D eigenvalue weighted by Crippen LogP contribution is -2.00. The summed E-state index contributed by atoms with van der Waals surface area (Å²) in [5, 5.41) is 17.5. The van der Waals surface area contributed by atoms with Crippen LogP contribution in [0.1, 0.15) is 15.9 Å². The van der Waals surface area contributed by atoms with Crippen LogP contribution in [0.5, 0.6) is 5.75 Å². The average Bonchev–Trinajstić information content (AvgIpc) is 2.17. The van der Waals surface area contributed by atoms with Crippen molar-refractivity contribution >= 4 is 21.9 Å². The molecule has 0 fully saturated rings. The van der Waals surface area contributed by atoms with Crippen molar-refractivity contribution in [1.29, 1.82) is 5.26 Å². The first-order chi connectivity index (χ1) is 6.60. The number of hydrogen-bond acceptors (Lipinski definition) is 3. The molecule has 1 rings (SSSR count). The van der Waals surface area contributed by atoms with E-state index in [2.05, 4.69) is 15.9 Å². The number of ether oxygens (including phenoxy) is 1. The standard InChI is InChI=1S/C9H6BrNO3/c1-14-7-3-5(4-11)2-6(8(7)10)9(12)13/h2-3H,1H3,(H,12,13). The Morgan fingerprint density at radius 1 is 1.64 bits per heavy atom. The minimum atomic E-state index is -1.10. The Morgan fingerprint density at radius 2 is 2.29 bits per heavy atom. The first-order valence-corrected chi connectivity index (χ1v) is 4.40. The lowest BCUT2D eigenvalue weighted by molar-refractivity contribution is 0.0695. The number of carboxylic acids is 1. The molecule has 0 spiro atoms. The van der Waals surface area contributed by atoms with Crippen molar-refractivity contribution in [1.82, 2.24) is 0 Å². The summed E-state index contributed by atoms with van der Waals surface area (Å²) in [5.74, 6) is -0.770. The molecule has 5 heteroatoms. The van der Waals surface area contributed by atoms with Crippen molar-refractivity contribution in [3.05, 3.63) is 27.7 Å². The van der Waals surface area contributed by atoms with Crippen LogP contribution in [-0.2, 0) is 0 Å². The maximum absolute atomic E-state index is 10.8. The van der Waals surface area contributed by atoms with Crippen LogP contribution in [0.4, 0.5) is 0 Å². The van der Waals surface area contributed by atoms with E-state index >= 15 is 0 Å². The minimum Gasteiger partial charge on any atom is -0.496 e. The van der Waals surface area contributed by atoms with E-state index < -0.39 is 5.97 Å². The number of benzene rings is 1. The van der Waals surface area contributed by atoms with E-state index in [1.807, 2.05) is 6.07 Å². The summed E-state index contributed by atoms with van der Waals surface area (Å²) in [5.41, 5.74) is 0.267. The van der Waals surface area contributed by atoms with Gasteiger partial charge in [0.1, 0.15) is 5.75 Å².